The number of nitrogens with one attached hydrogen (secondary N) is 1. The molecule has 3 heterocycles. The fourth-order valence-corrected chi connectivity index (χ4v) is 5.67. The van der Waals surface area contributed by atoms with Crippen LogP contribution in [0.25, 0.3) is 0 Å². The molecule has 0 radical (unpaired) electrons. The van der Waals surface area contributed by atoms with Gasteiger partial charge in [0.2, 0.25) is 5.43 Å². The van der Waals surface area contributed by atoms with Gasteiger partial charge >= 0.3 is 0 Å². The van der Waals surface area contributed by atoms with Crippen LogP contribution in [0.15, 0.2) is 29.2 Å². The van der Waals surface area contributed by atoms with Gasteiger partial charge in [-0.1, -0.05) is 6.07 Å². The highest BCUT2D eigenvalue weighted by molar-refractivity contribution is 5.99. The molecule has 2 aliphatic heterocycles. The lowest BCUT2D eigenvalue weighted by Gasteiger charge is -2.50. The van der Waals surface area contributed by atoms with E-state index in [0.29, 0.717) is 12.8 Å². The van der Waals surface area contributed by atoms with Gasteiger partial charge in [-0.25, -0.2) is 8.78 Å². The second-order valence-electron chi connectivity index (χ2n) is 9.63. The van der Waals surface area contributed by atoms with E-state index in [2.05, 4.69) is 5.32 Å². The lowest BCUT2D eigenvalue weighted by molar-refractivity contribution is -0.170. The highest BCUT2D eigenvalue weighted by atomic mass is 19.1. The molecule has 4 aliphatic rings. The Morgan fingerprint density at radius 3 is 2.74 bits per heavy atom. The van der Waals surface area contributed by atoms with E-state index < -0.39 is 46.4 Å². The van der Waals surface area contributed by atoms with Crippen molar-refractivity contribution in [1.29, 1.82) is 0 Å². The first-order chi connectivity index (χ1) is 16.3. The summed E-state index contributed by atoms with van der Waals surface area (Å²) in [7, 11) is 0. The summed E-state index contributed by atoms with van der Waals surface area (Å²) in [6.45, 7) is 0.180. The molecule has 8 nitrogen and oxygen atoms in total. The fraction of sp³-hybridized carbons (Fsp3) is 0.458. The lowest BCUT2D eigenvalue weighted by atomic mass is 9.89. The van der Waals surface area contributed by atoms with Crippen molar-refractivity contribution in [2.45, 2.75) is 69.0 Å². The SMILES string of the molecule is O=C(NC1(c2ccc(F)cc2F)CC1)c1cn2c(c(O)c1=O)C(=O)N1[C@H]3CCC[C@H](C3)O[C@H]1C2. The van der Waals surface area contributed by atoms with Crippen LogP contribution in [-0.4, -0.2) is 44.8 Å². The number of aromatic nitrogens is 1. The first-order valence-electron chi connectivity index (χ1n) is 11.5. The maximum absolute atomic E-state index is 14.4. The number of halogens is 2. The number of fused-ring (bicyclic) bond motifs is 5. The van der Waals surface area contributed by atoms with Crippen LogP contribution in [0.3, 0.4) is 0 Å². The number of carbonyl (C=O) groups excluding carboxylic acids is 2. The van der Waals surface area contributed by atoms with E-state index in [1.54, 1.807) is 4.90 Å². The van der Waals surface area contributed by atoms with Crippen LogP contribution in [0.4, 0.5) is 8.78 Å². The van der Waals surface area contributed by atoms with E-state index in [-0.39, 0.29) is 35.5 Å². The third-order valence-corrected chi connectivity index (χ3v) is 7.49. The normalized spacial score (nSPS) is 26.5. The van der Waals surface area contributed by atoms with Gasteiger partial charge in [-0.15, -0.1) is 0 Å². The van der Waals surface area contributed by atoms with Crippen LogP contribution < -0.4 is 10.7 Å². The third-order valence-electron chi connectivity index (χ3n) is 7.49. The number of aromatic hydroxyl groups is 1. The topological polar surface area (TPSA) is 101 Å². The Labute approximate surface area is 193 Å². The molecule has 2 aliphatic carbocycles. The number of hydrogen-bond donors (Lipinski definition) is 2. The van der Waals surface area contributed by atoms with Gasteiger partial charge in [-0.05, 0) is 44.6 Å². The van der Waals surface area contributed by atoms with Gasteiger partial charge < -0.3 is 24.6 Å². The number of nitrogens with zero attached hydrogens (tertiary/aromatic N) is 2. The van der Waals surface area contributed by atoms with Crippen molar-refractivity contribution >= 4 is 11.8 Å². The molecular weight excluding hydrogens is 448 g/mol. The van der Waals surface area contributed by atoms with E-state index in [1.165, 1.54) is 16.8 Å². The van der Waals surface area contributed by atoms with E-state index in [9.17, 15) is 28.3 Å². The van der Waals surface area contributed by atoms with Crippen LogP contribution in [0.5, 0.6) is 5.75 Å². The summed E-state index contributed by atoms with van der Waals surface area (Å²) < 4.78 is 35.2. The molecule has 1 saturated heterocycles. The summed E-state index contributed by atoms with van der Waals surface area (Å²) in [5, 5.41) is 13.3. The molecule has 0 spiro atoms. The summed E-state index contributed by atoms with van der Waals surface area (Å²) in [6, 6.07) is 3.13. The minimum atomic E-state index is -1.05. The molecule has 0 unspecified atom stereocenters. The molecule has 6 rings (SSSR count). The predicted molar refractivity (Wildman–Crippen MR) is 114 cm³/mol. The number of ether oxygens (including phenoxy) is 1. The molecule has 1 aromatic carbocycles. The number of pyridine rings is 1. The molecule has 2 saturated carbocycles. The van der Waals surface area contributed by atoms with Crippen molar-refractivity contribution in [3.63, 3.8) is 0 Å². The van der Waals surface area contributed by atoms with Crippen molar-refractivity contribution in [2.75, 3.05) is 0 Å². The summed E-state index contributed by atoms with van der Waals surface area (Å²) >= 11 is 0. The van der Waals surface area contributed by atoms with Crippen LogP contribution >= 0.6 is 0 Å². The van der Waals surface area contributed by atoms with Gasteiger partial charge in [0.1, 0.15) is 17.2 Å². The van der Waals surface area contributed by atoms with Gasteiger partial charge in [0.05, 0.1) is 18.2 Å². The smallest absolute Gasteiger partial charge is 0.276 e. The van der Waals surface area contributed by atoms with E-state index >= 15 is 0 Å². The number of amides is 2. The standard InChI is InChI=1S/C24H23F2N3O5/c25-12-4-5-16(17(26)8-12)24(6-7-24)27-22(32)15-10-28-11-18-29(13-2-1-3-14(9-13)34-18)23(33)19(28)21(31)20(15)30/h4-5,8,10,13-14,18,31H,1-3,6-7,9,11H2,(H,27,32)/t13-,14+,18-/m0/s1. The molecule has 34 heavy (non-hydrogen) atoms. The maximum Gasteiger partial charge on any atom is 0.276 e. The van der Waals surface area contributed by atoms with E-state index in [0.717, 1.165) is 37.8 Å². The fourth-order valence-electron chi connectivity index (χ4n) is 5.67. The van der Waals surface area contributed by atoms with Crippen LogP contribution in [-0.2, 0) is 16.8 Å². The number of benzene rings is 1. The second kappa shape index (κ2) is 7.36. The van der Waals surface area contributed by atoms with Gasteiger partial charge in [0, 0.05) is 23.9 Å². The molecule has 178 valence electrons. The maximum atomic E-state index is 14.4. The number of hydrogen-bond acceptors (Lipinski definition) is 5. The summed E-state index contributed by atoms with van der Waals surface area (Å²) in [5.41, 5.74) is -2.39. The van der Waals surface area contributed by atoms with Crippen molar-refractivity contribution in [1.82, 2.24) is 14.8 Å². The Hall–Kier alpha value is -3.27. The first kappa shape index (κ1) is 21.3. The average molecular weight is 471 g/mol. The summed E-state index contributed by atoms with van der Waals surface area (Å²) in [6.07, 6.45) is 5.07. The summed E-state index contributed by atoms with van der Waals surface area (Å²) in [5.74, 6) is -3.59. The Morgan fingerprint density at radius 1 is 1.21 bits per heavy atom. The Bertz CT molecular complexity index is 1290. The molecular formula is C24H23F2N3O5. The van der Waals surface area contributed by atoms with Crippen LogP contribution in [0, 0.1) is 11.6 Å². The van der Waals surface area contributed by atoms with Crippen molar-refractivity contribution < 1.29 is 28.2 Å². The van der Waals surface area contributed by atoms with Gasteiger partial charge in [0.15, 0.2) is 17.7 Å². The molecule has 3 atom stereocenters. The number of carbonyl (C=O) groups is 2. The van der Waals surface area contributed by atoms with Crippen molar-refractivity contribution in [2.24, 2.45) is 0 Å². The minimum Gasteiger partial charge on any atom is -0.503 e. The lowest BCUT2D eigenvalue weighted by Crippen LogP contribution is -2.61. The molecule has 2 aromatic rings. The first-order valence-corrected chi connectivity index (χ1v) is 11.5. The average Bonchev–Trinajstić information content (AvgIpc) is 3.55. The molecule has 1 aromatic heterocycles. The second-order valence-corrected chi connectivity index (χ2v) is 9.63. The zero-order valence-corrected chi connectivity index (χ0v) is 18.2. The largest absolute Gasteiger partial charge is 0.503 e. The van der Waals surface area contributed by atoms with E-state index in [4.69, 9.17) is 4.74 Å². The number of rotatable bonds is 3. The predicted octanol–water partition coefficient (Wildman–Crippen LogP) is 2.37. The Kier molecular flexibility index (Phi) is 4.61. The molecule has 2 amide bonds. The molecule has 3 fully saturated rings. The monoisotopic (exact) mass is 471 g/mol. The van der Waals surface area contributed by atoms with Crippen LogP contribution in [0.1, 0.15) is 64.9 Å². The summed E-state index contributed by atoms with van der Waals surface area (Å²) in [4.78, 5) is 40.8. The molecule has 2 bridgehead atoms. The van der Waals surface area contributed by atoms with Gasteiger partial charge in [-0.3, -0.25) is 14.4 Å². The van der Waals surface area contributed by atoms with Crippen LogP contribution in [0.2, 0.25) is 0 Å². The quantitative estimate of drug-likeness (QED) is 0.716. The third kappa shape index (κ3) is 3.15. The van der Waals surface area contributed by atoms with Crippen molar-refractivity contribution in [3.8, 4) is 5.75 Å². The van der Waals surface area contributed by atoms with Gasteiger partial charge in [0.25, 0.3) is 11.8 Å². The highest BCUT2D eigenvalue weighted by Gasteiger charge is 2.49. The Morgan fingerprint density at radius 2 is 2.00 bits per heavy atom. The Balaban J connectivity index is 1.33. The molecule has 10 heteroatoms. The van der Waals surface area contributed by atoms with Crippen molar-refractivity contribution in [3.05, 3.63) is 63.1 Å². The zero-order chi connectivity index (χ0) is 23.8. The minimum absolute atomic E-state index is 0.00319. The van der Waals surface area contributed by atoms with E-state index in [1.807, 2.05) is 0 Å². The molecule has 2 N–H and O–H groups in total. The highest BCUT2D eigenvalue weighted by Crippen LogP contribution is 2.46. The zero-order valence-electron chi connectivity index (χ0n) is 18.2. The van der Waals surface area contributed by atoms with Gasteiger partial charge in [-0.2, -0.15) is 0 Å².